The van der Waals surface area contributed by atoms with Crippen molar-refractivity contribution >= 4 is 11.8 Å². The summed E-state index contributed by atoms with van der Waals surface area (Å²) in [6.07, 6.45) is 3.00. The number of rotatable bonds is 5. The first-order valence-electron chi connectivity index (χ1n) is 11.0. The summed E-state index contributed by atoms with van der Waals surface area (Å²) in [5.74, 6) is 0.105. The lowest BCUT2D eigenvalue weighted by Gasteiger charge is -2.37. The maximum atomic E-state index is 13.4. The van der Waals surface area contributed by atoms with Gasteiger partial charge < -0.3 is 10.2 Å². The molecular weight excluding hydrogens is 374 g/mol. The Kier molecular flexibility index (Phi) is 6.18. The van der Waals surface area contributed by atoms with E-state index < -0.39 is 0 Å². The molecule has 2 aliphatic rings. The summed E-state index contributed by atoms with van der Waals surface area (Å²) in [6.45, 7) is 7.29. The standard InChI is InChI=1S/C25H31N3O2/c1-18-9-10-20(15-19(18)2)16-26-23(29)17-28-14-11-21-7-3-4-8-22(21)24(28)25(30)27-12-5-6-13-27/h3-4,7-10,15,24H,5-6,11-14,16-17H2,1-2H3,(H,26,29). The summed E-state index contributed by atoms with van der Waals surface area (Å²) in [6, 6.07) is 14.1. The first-order chi connectivity index (χ1) is 14.5. The maximum Gasteiger partial charge on any atom is 0.244 e. The van der Waals surface area contributed by atoms with Gasteiger partial charge in [0.2, 0.25) is 11.8 Å². The van der Waals surface area contributed by atoms with Crippen molar-refractivity contribution in [3.8, 4) is 0 Å². The lowest BCUT2D eigenvalue weighted by atomic mass is 9.91. The van der Waals surface area contributed by atoms with Gasteiger partial charge in [-0.1, -0.05) is 42.5 Å². The summed E-state index contributed by atoms with van der Waals surface area (Å²) < 4.78 is 0. The Morgan fingerprint density at radius 3 is 2.53 bits per heavy atom. The van der Waals surface area contributed by atoms with Gasteiger partial charge in [-0.3, -0.25) is 14.5 Å². The Hall–Kier alpha value is -2.66. The Balaban J connectivity index is 1.46. The highest BCUT2D eigenvalue weighted by atomic mass is 16.2. The molecule has 1 unspecified atom stereocenters. The van der Waals surface area contributed by atoms with Crippen LogP contribution in [0, 0.1) is 13.8 Å². The Morgan fingerprint density at radius 1 is 1.00 bits per heavy atom. The van der Waals surface area contributed by atoms with Crippen LogP contribution in [-0.2, 0) is 22.6 Å². The summed E-state index contributed by atoms with van der Waals surface area (Å²) >= 11 is 0. The second-order valence-corrected chi connectivity index (χ2v) is 8.55. The van der Waals surface area contributed by atoms with Crippen LogP contribution in [0.4, 0.5) is 0 Å². The molecular formula is C25H31N3O2. The van der Waals surface area contributed by atoms with Gasteiger partial charge in [0, 0.05) is 26.2 Å². The van der Waals surface area contributed by atoms with Crippen LogP contribution >= 0.6 is 0 Å². The number of hydrogen-bond acceptors (Lipinski definition) is 3. The van der Waals surface area contributed by atoms with Crippen molar-refractivity contribution in [3.63, 3.8) is 0 Å². The lowest BCUT2D eigenvalue weighted by molar-refractivity contribution is -0.137. The van der Waals surface area contributed by atoms with Gasteiger partial charge in [-0.2, -0.15) is 0 Å². The van der Waals surface area contributed by atoms with E-state index in [1.165, 1.54) is 16.7 Å². The molecule has 2 aromatic carbocycles. The normalized spacial score (nSPS) is 18.9. The average Bonchev–Trinajstić information content (AvgIpc) is 3.29. The minimum Gasteiger partial charge on any atom is -0.351 e. The molecule has 30 heavy (non-hydrogen) atoms. The van der Waals surface area contributed by atoms with Gasteiger partial charge >= 0.3 is 0 Å². The first kappa shape index (κ1) is 20.6. The molecule has 2 amide bonds. The minimum absolute atomic E-state index is 0.0353. The highest BCUT2D eigenvalue weighted by Gasteiger charge is 2.36. The molecule has 1 atom stereocenters. The highest BCUT2D eigenvalue weighted by molar-refractivity contribution is 5.86. The fourth-order valence-corrected chi connectivity index (χ4v) is 4.54. The van der Waals surface area contributed by atoms with Gasteiger partial charge in [0.25, 0.3) is 0 Å². The van der Waals surface area contributed by atoms with Crippen LogP contribution in [0.5, 0.6) is 0 Å². The van der Waals surface area contributed by atoms with Crippen LogP contribution in [0.1, 0.15) is 46.7 Å². The van der Waals surface area contributed by atoms with Gasteiger partial charge in [-0.05, 0) is 60.9 Å². The lowest BCUT2D eigenvalue weighted by Crippen LogP contribution is -2.48. The third-order valence-corrected chi connectivity index (χ3v) is 6.44. The van der Waals surface area contributed by atoms with Crippen molar-refractivity contribution in [1.29, 1.82) is 0 Å². The molecule has 1 fully saturated rings. The van der Waals surface area contributed by atoms with Crippen molar-refractivity contribution < 1.29 is 9.59 Å². The largest absolute Gasteiger partial charge is 0.351 e. The number of hydrogen-bond donors (Lipinski definition) is 1. The summed E-state index contributed by atoms with van der Waals surface area (Å²) in [5, 5.41) is 3.04. The van der Waals surface area contributed by atoms with E-state index in [1.807, 2.05) is 23.1 Å². The van der Waals surface area contributed by atoms with Gasteiger partial charge in [0.05, 0.1) is 6.54 Å². The van der Waals surface area contributed by atoms with E-state index in [0.717, 1.165) is 50.0 Å². The third kappa shape index (κ3) is 4.41. The smallest absolute Gasteiger partial charge is 0.244 e. The zero-order chi connectivity index (χ0) is 21.1. The number of carbonyl (C=O) groups is 2. The van der Waals surface area contributed by atoms with Gasteiger partial charge in [0.15, 0.2) is 0 Å². The van der Waals surface area contributed by atoms with Gasteiger partial charge in [-0.25, -0.2) is 0 Å². The molecule has 1 N–H and O–H groups in total. The number of likely N-dealkylation sites (tertiary alicyclic amines) is 1. The quantitative estimate of drug-likeness (QED) is 0.832. The predicted molar refractivity (Wildman–Crippen MR) is 118 cm³/mol. The number of benzene rings is 2. The van der Waals surface area contributed by atoms with E-state index in [-0.39, 0.29) is 24.4 Å². The fourth-order valence-electron chi connectivity index (χ4n) is 4.54. The van der Waals surface area contributed by atoms with Crippen LogP contribution < -0.4 is 5.32 Å². The van der Waals surface area contributed by atoms with Crippen LogP contribution in [0.25, 0.3) is 0 Å². The zero-order valence-electron chi connectivity index (χ0n) is 18.0. The van der Waals surface area contributed by atoms with Crippen molar-refractivity contribution in [1.82, 2.24) is 15.1 Å². The summed E-state index contributed by atoms with van der Waals surface area (Å²) in [4.78, 5) is 30.1. The van der Waals surface area contributed by atoms with E-state index in [0.29, 0.717) is 6.54 Å². The molecule has 0 aromatic heterocycles. The number of nitrogens with one attached hydrogen (secondary N) is 1. The van der Waals surface area contributed by atoms with Crippen LogP contribution in [0.3, 0.4) is 0 Å². The molecule has 5 heteroatoms. The Bertz CT molecular complexity index is 934. The topological polar surface area (TPSA) is 52.7 Å². The zero-order valence-corrected chi connectivity index (χ0v) is 18.0. The van der Waals surface area contributed by atoms with E-state index in [1.54, 1.807) is 0 Å². The molecule has 0 aliphatic carbocycles. The SMILES string of the molecule is Cc1ccc(CNC(=O)CN2CCc3ccccc3C2C(=O)N2CCCC2)cc1C. The molecule has 2 aromatic rings. The van der Waals surface area contributed by atoms with Crippen LogP contribution in [-0.4, -0.2) is 47.8 Å². The van der Waals surface area contributed by atoms with Crippen molar-refractivity contribution in [2.24, 2.45) is 0 Å². The molecule has 0 bridgehead atoms. The van der Waals surface area contributed by atoms with Crippen molar-refractivity contribution in [2.75, 3.05) is 26.2 Å². The molecule has 0 spiro atoms. The third-order valence-electron chi connectivity index (χ3n) is 6.44. The number of carbonyl (C=O) groups excluding carboxylic acids is 2. The predicted octanol–water partition coefficient (Wildman–Crippen LogP) is 3.14. The summed E-state index contributed by atoms with van der Waals surface area (Å²) in [5.41, 5.74) is 5.86. The summed E-state index contributed by atoms with van der Waals surface area (Å²) in [7, 11) is 0. The molecule has 5 nitrogen and oxygen atoms in total. The molecule has 158 valence electrons. The van der Waals surface area contributed by atoms with Crippen molar-refractivity contribution in [3.05, 3.63) is 70.3 Å². The number of nitrogens with zero attached hydrogens (tertiary/aromatic N) is 2. The van der Waals surface area contributed by atoms with E-state index in [9.17, 15) is 9.59 Å². The molecule has 2 aliphatic heterocycles. The monoisotopic (exact) mass is 405 g/mol. The molecule has 0 radical (unpaired) electrons. The Morgan fingerprint density at radius 2 is 1.77 bits per heavy atom. The Labute approximate surface area is 179 Å². The van der Waals surface area contributed by atoms with Gasteiger partial charge in [-0.15, -0.1) is 0 Å². The van der Waals surface area contributed by atoms with Gasteiger partial charge in [0.1, 0.15) is 6.04 Å². The van der Waals surface area contributed by atoms with E-state index >= 15 is 0 Å². The molecule has 2 heterocycles. The van der Waals surface area contributed by atoms with E-state index in [4.69, 9.17) is 0 Å². The minimum atomic E-state index is -0.361. The van der Waals surface area contributed by atoms with Crippen LogP contribution in [0.15, 0.2) is 42.5 Å². The second-order valence-electron chi connectivity index (χ2n) is 8.55. The van der Waals surface area contributed by atoms with Crippen LogP contribution in [0.2, 0.25) is 0 Å². The number of fused-ring (bicyclic) bond motifs is 1. The molecule has 0 saturated carbocycles. The second kappa shape index (κ2) is 9.00. The number of aryl methyl sites for hydroxylation is 2. The molecule has 4 rings (SSSR count). The average molecular weight is 406 g/mol. The van der Waals surface area contributed by atoms with Crippen molar-refractivity contribution in [2.45, 2.75) is 45.7 Å². The maximum absolute atomic E-state index is 13.4. The highest BCUT2D eigenvalue weighted by Crippen LogP contribution is 2.32. The van der Waals surface area contributed by atoms with E-state index in [2.05, 4.69) is 48.3 Å². The first-order valence-corrected chi connectivity index (χ1v) is 11.0. The fraction of sp³-hybridized carbons (Fsp3) is 0.440. The molecule has 1 saturated heterocycles. The number of amides is 2.